The zero-order valence-corrected chi connectivity index (χ0v) is 12.1. The second-order valence-corrected chi connectivity index (χ2v) is 6.56. The van der Waals surface area contributed by atoms with Crippen LogP contribution in [0.3, 0.4) is 0 Å². The van der Waals surface area contributed by atoms with Gasteiger partial charge in [0.05, 0.1) is 5.56 Å². The van der Waals surface area contributed by atoms with Crippen LogP contribution in [-0.2, 0) is 11.0 Å². The Morgan fingerprint density at radius 2 is 1.80 bits per heavy atom. The number of alkyl halides is 3. The summed E-state index contributed by atoms with van der Waals surface area (Å²) >= 11 is 3.04. The standard InChI is InChI=1S/C14H13BrF3NO/c15-11-4-10(14(16,17)18)5-12(6-11)19-13(20)9-2-7-1-8(7)3-9/h4-9H,1-3H2,(H,19,20). The highest BCUT2D eigenvalue weighted by Gasteiger charge is 2.48. The number of rotatable bonds is 2. The fraction of sp³-hybridized carbons (Fsp3) is 0.500. The van der Waals surface area contributed by atoms with Crippen molar-refractivity contribution in [3.8, 4) is 0 Å². The molecule has 1 aromatic carbocycles. The van der Waals surface area contributed by atoms with Gasteiger partial charge in [0.1, 0.15) is 0 Å². The van der Waals surface area contributed by atoms with Crippen molar-refractivity contribution in [3.63, 3.8) is 0 Å². The van der Waals surface area contributed by atoms with Gasteiger partial charge in [0.2, 0.25) is 5.91 Å². The minimum absolute atomic E-state index is 0.0490. The number of hydrogen-bond donors (Lipinski definition) is 1. The lowest BCUT2D eigenvalue weighted by Crippen LogP contribution is -2.22. The molecule has 0 aromatic heterocycles. The Morgan fingerprint density at radius 3 is 2.40 bits per heavy atom. The summed E-state index contributed by atoms with van der Waals surface area (Å²) in [6.45, 7) is 0. The molecule has 2 nitrogen and oxygen atoms in total. The van der Waals surface area contributed by atoms with E-state index in [9.17, 15) is 18.0 Å². The molecule has 2 saturated carbocycles. The highest BCUT2D eigenvalue weighted by atomic mass is 79.9. The first-order valence-corrected chi connectivity index (χ1v) is 7.31. The molecule has 0 bridgehead atoms. The van der Waals surface area contributed by atoms with Gasteiger partial charge in [0.15, 0.2) is 0 Å². The zero-order valence-electron chi connectivity index (χ0n) is 10.5. The lowest BCUT2D eigenvalue weighted by atomic mass is 10.0. The molecule has 0 spiro atoms. The van der Waals surface area contributed by atoms with Gasteiger partial charge in [-0.15, -0.1) is 0 Å². The van der Waals surface area contributed by atoms with Gasteiger partial charge in [-0.05, 0) is 49.3 Å². The highest BCUT2D eigenvalue weighted by molar-refractivity contribution is 9.10. The summed E-state index contributed by atoms with van der Waals surface area (Å²) in [5, 5.41) is 2.61. The SMILES string of the molecule is O=C(Nc1cc(Br)cc(C(F)(F)F)c1)C1CC2CC2C1. The summed E-state index contributed by atoms with van der Waals surface area (Å²) < 4.78 is 38.4. The van der Waals surface area contributed by atoms with Crippen molar-refractivity contribution in [2.75, 3.05) is 5.32 Å². The Labute approximate surface area is 122 Å². The Morgan fingerprint density at radius 1 is 1.15 bits per heavy atom. The van der Waals surface area contributed by atoms with E-state index in [0.717, 1.165) is 25.0 Å². The average molecular weight is 348 g/mol. The van der Waals surface area contributed by atoms with Crippen molar-refractivity contribution in [2.24, 2.45) is 17.8 Å². The maximum Gasteiger partial charge on any atom is 0.416 e. The summed E-state index contributed by atoms with van der Waals surface area (Å²) in [6.07, 6.45) is -1.47. The number of amides is 1. The van der Waals surface area contributed by atoms with Crippen LogP contribution in [0.4, 0.5) is 18.9 Å². The fourth-order valence-corrected chi connectivity index (χ4v) is 3.49. The van der Waals surface area contributed by atoms with E-state index in [-0.39, 0.29) is 17.5 Å². The molecule has 2 aliphatic carbocycles. The zero-order chi connectivity index (χ0) is 14.5. The molecule has 1 amide bonds. The summed E-state index contributed by atoms with van der Waals surface area (Å²) in [7, 11) is 0. The number of anilines is 1. The first kappa shape index (κ1) is 13.9. The number of hydrogen-bond acceptors (Lipinski definition) is 1. The number of carbonyl (C=O) groups is 1. The lowest BCUT2D eigenvalue weighted by Gasteiger charge is -2.14. The van der Waals surface area contributed by atoms with Crippen molar-refractivity contribution in [2.45, 2.75) is 25.4 Å². The third kappa shape index (κ3) is 2.85. The predicted octanol–water partition coefficient (Wildman–Crippen LogP) is 4.45. The summed E-state index contributed by atoms with van der Waals surface area (Å²) in [6, 6.07) is 3.46. The molecule has 0 radical (unpaired) electrons. The van der Waals surface area contributed by atoms with Gasteiger partial charge in [-0.1, -0.05) is 15.9 Å². The second-order valence-electron chi connectivity index (χ2n) is 5.64. The molecule has 2 unspecified atom stereocenters. The summed E-state index contributed by atoms with van der Waals surface area (Å²) in [5.74, 6) is 1.12. The topological polar surface area (TPSA) is 29.1 Å². The van der Waals surface area contributed by atoms with Gasteiger partial charge >= 0.3 is 6.18 Å². The first-order valence-electron chi connectivity index (χ1n) is 6.51. The Balaban J connectivity index is 1.73. The fourth-order valence-electron chi connectivity index (χ4n) is 3.00. The normalized spacial score (nSPS) is 28.1. The van der Waals surface area contributed by atoms with Crippen molar-refractivity contribution in [1.82, 2.24) is 0 Å². The van der Waals surface area contributed by atoms with E-state index in [1.807, 2.05) is 0 Å². The molecule has 1 N–H and O–H groups in total. The van der Waals surface area contributed by atoms with Crippen molar-refractivity contribution in [3.05, 3.63) is 28.2 Å². The van der Waals surface area contributed by atoms with E-state index in [0.29, 0.717) is 16.3 Å². The maximum absolute atomic E-state index is 12.7. The summed E-state index contributed by atoms with van der Waals surface area (Å²) in [5.41, 5.74) is -0.575. The molecule has 6 heteroatoms. The number of nitrogens with one attached hydrogen (secondary N) is 1. The number of fused-ring (bicyclic) bond motifs is 1. The Kier molecular flexibility index (Phi) is 3.31. The van der Waals surface area contributed by atoms with Crippen molar-refractivity contribution in [1.29, 1.82) is 0 Å². The third-order valence-electron chi connectivity index (χ3n) is 4.11. The van der Waals surface area contributed by atoms with Gasteiger partial charge in [-0.3, -0.25) is 4.79 Å². The van der Waals surface area contributed by atoms with E-state index < -0.39 is 11.7 Å². The maximum atomic E-state index is 12.7. The summed E-state index contributed by atoms with van der Waals surface area (Å²) in [4.78, 5) is 12.0. The molecule has 108 valence electrons. The molecular formula is C14H13BrF3NO. The van der Waals surface area contributed by atoms with Gasteiger partial charge < -0.3 is 5.32 Å². The molecule has 20 heavy (non-hydrogen) atoms. The van der Waals surface area contributed by atoms with Crippen LogP contribution in [0.2, 0.25) is 0 Å². The van der Waals surface area contributed by atoms with Crippen molar-refractivity contribution < 1.29 is 18.0 Å². The largest absolute Gasteiger partial charge is 0.416 e. The van der Waals surface area contributed by atoms with E-state index in [2.05, 4.69) is 21.2 Å². The minimum atomic E-state index is -4.42. The van der Waals surface area contributed by atoms with Crippen molar-refractivity contribution >= 4 is 27.5 Å². The number of halogens is 4. The minimum Gasteiger partial charge on any atom is -0.326 e. The third-order valence-corrected chi connectivity index (χ3v) is 4.56. The van der Waals surface area contributed by atoms with E-state index in [1.165, 1.54) is 12.5 Å². The number of benzene rings is 1. The van der Waals surface area contributed by atoms with Crippen LogP contribution >= 0.6 is 15.9 Å². The lowest BCUT2D eigenvalue weighted by molar-refractivity contribution is -0.137. The quantitative estimate of drug-likeness (QED) is 0.841. The van der Waals surface area contributed by atoms with Crippen LogP contribution < -0.4 is 5.32 Å². The molecule has 3 rings (SSSR count). The van der Waals surface area contributed by atoms with Crippen LogP contribution in [0, 0.1) is 17.8 Å². The van der Waals surface area contributed by atoms with Crippen LogP contribution in [0.15, 0.2) is 22.7 Å². The van der Waals surface area contributed by atoms with Crippen LogP contribution in [0.1, 0.15) is 24.8 Å². The van der Waals surface area contributed by atoms with Gasteiger partial charge in [-0.2, -0.15) is 13.2 Å². The van der Waals surface area contributed by atoms with Crippen LogP contribution in [-0.4, -0.2) is 5.91 Å². The molecule has 2 aliphatic rings. The van der Waals surface area contributed by atoms with Crippen LogP contribution in [0.5, 0.6) is 0 Å². The average Bonchev–Trinajstić information content (AvgIpc) is 2.94. The smallest absolute Gasteiger partial charge is 0.326 e. The predicted molar refractivity (Wildman–Crippen MR) is 72.1 cm³/mol. The molecule has 1 aromatic rings. The molecule has 2 atom stereocenters. The second kappa shape index (κ2) is 4.76. The van der Waals surface area contributed by atoms with E-state index >= 15 is 0 Å². The Hall–Kier alpha value is -1.04. The van der Waals surface area contributed by atoms with E-state index in [1.54, 1.807) is 0 Å². The van der Waals surface area contributed by atoms with Gasteiger partial charge in [0.25, 0.3) is 0 Å². The monoisotopic (exact) mass is 347 g/mol. The highest BCUT2D eigenvalue weighted by Crippen LogP contribution is 2.54. The van der Waals surface area contributed by atoms with Crippen LogP contribution in [0.25, 0.3) is 0 Å². The molecular weight excluding hydrogens is 335 g/mol. The van der Waals surface area contributed by atoms with E-state index in [4.69, 9.17) is 0 Å². The number of carbonyl (C=O) groups excluding carboxylic acids is 1. The molecule has 0 heterocycles. The van der Waals surface area contributed by atoms with Gasteiger partial charge in [0, 0.05) is 16.1 Å². The first-order chi connectivity index (χ1) is 9.33. The van der Waals surface area contributed by atoms with Gasteiger partial charge in [-0.25, -0.2) is 0 Å². The molecule has 2 fully saturated rings. The Bertz CT molecular complexity index is 548. The molecule has 0 aliphatic heterocycles. The molecule has 0 saturated heterocycles.